The molecular weight excluding hydrogens is 218 g/mol. The molecule has 0 unspecified atom stereocenters. The second kappa shape index (κ2) is 4.69. The van der Waals surface area contributed by atoms with Crippen LogP contribution in [-0.4, -0.2) is 27.0 Å². The van der Waals surface area contributed by atoms with Crippen molar-refractivity contribution in [3.05, 3.63) is 30.3 Å². The molecule has 1 aromatic heterocycles. The number of aromatic hydroxyl groups is 2. The van der Waals surface area contributed by atoms with Gasteiger partial charge in [0.1, 0.15) is 17.3 Å². The van der Waals surface area contributed by atoms with E-state index in [0.717, 1.165) is 6.54 Å². The summed E-state index contributed by atoms with van der Waals surface area (Å²) in [6.45, 7) is 2.74. The molecule has 5 heteroatoms. The van der Waals surface area contributed by atoms with Crippen molar-refractivity contribution in [3.8, 4) is 22.8 Å². The van der Waals surface area contributed by atoms with Crippen LogP contribution in [0.5, 0.6) is 11.5 Å². The van der Waals surface area contributed by atoms with Gasteiger partial charge in [-0.25, -0.2) is 0 Å². The third-order valence-corrected chi connectivity index (χ3v) is 2.28. The number of hydrogen-bond acceptors (Lipinski definition) is 5. The summed E-state index contributed by atoms with van der Waals surface area (Å²) in [5.74, 6) is 0.819. The first kappa shape index (κ1) is 11.2. The van der Waals surface area contributed by atoms with Crippen LogP contribution in [0.1, 0.15) is 6.92 Å². The van der Waals surface area contributed by atoms with E-state index in [1.807, 2.05) is 6.92 Å². The molecule has 1 aromatic carbocycles. The van der Waals surface area contributed by atoms with Gasteiger partial charge < -0.3 is 15.5 Å². The summed E-state index contributed by atoms with van der Waals surface area (Å²) in [5, 5.41) is 30.0. The Morgan fingerprint density at radius 2 is 1.94 bits per heavy atom. The lowest BCUT2D eigenvalue weighted by molar-refractivity contribution is 0.461. The molecule has 2 aromatic rings. The van der Waals surface area contributed by atoms with Crippen LogP contribution in [0.3, 0.4) is 0 Å². The number of aromatic nitrogens is 2. The highest BCUT2D eigenvalue weighted by Gasteiger charge is 2.07. The Morgan fingerprint density at radius 1 is 1.12 bits per heavy atom. The lowest BCUT2D eigenvalue weighted by Crippen LogP contribution is -2.00. The summed E-state index contributed by atoms with van der Waals surface area (Å²) < 4.78 is 0. The third-order valence-electron chi connectivity index (χ3n) is 2.28. The van der Waals surface area contributed by atoms with Crippen molar-refractivity contribution >= 4 is 5.82 Å². The van der Waals surface area contributed by atoms with Gasteiger partial charge in [0, 0.05) is 12.1 Å². The van der Waals surface area contributed by atoms with Gasteiger partial charge in [-0.05, 0) is 37.3 Å². The van der Waals surface area contributed by atoms with Crippen LogP contribution < -0.4 is 5.32 Å². The van der Waals surface area contributed by atoms with Crippen LogP contribution in [-0.2, 0) is 0 Å². The van der Waals surface area contributed by atoms with Crippen LogP contribution in [0, 0.1) is 0 Å². The minimum atomic E-state index is 0.0632. The fourth-order valence-electron chi connectivity index (χ4n) is 1.48. The maximum absolute atomic E-state index is 9.67. The monoisotopic (exact) mass is 231 g/mol. The molecule has 0 atom stereocenters. The van der Waals surface area contributed by atoms with Crippen molar-refractivity contribution in [2.75, 3.05) is 11.9 Å². The summed E-state index contributed by atoms with van der Waals surface area (Å²) in [7, 11) is 0. The molecule has 0 saturated heterocycles. The molecule has 0 radical (unpaired) electrons. The molecule has 0 amide bonds. The van der Waals surface area contributed by atoms with Gasteiger partial charge in [0.25, 0.3) is 0 Å². The lowest BCUT2D eigenvalue weighted by atomic mass is 10.1. The van der Waals surface area contributed by atoms with E-state index in [-0.39, 0.29) is 11.5 Å². The summed E-state index contributed by atoms with van der Waals surface area (Å²) in [6, 6.07) is 7.80. The van der Waals surface area contributed by atoms with Crippen LogP contribution in [0.4, 0.5) is 5.82 Å². The van der Waals surface area contributed by atoms with Crippen molar-refractivity contribution < 1.29 is 10.2 Å². The highest BCUT2D eigenvalue weighted by atomic mass is 16.3. The van der Waals surface area contributed by atoms with E-state index in [2.05, 4.69) is 15.5 Å². The molecule has 0 bridgehead atoms. The number of anilines is 1. The zero-order valence-electron chi connectivity index (χ0n) is 9.38. The SMILES string of the molecule is CCNc1ccc(-c2cc(O)ccc2O)nn1. The first-order chi connectivity index (χ1) is 8.20. The van der Waals surface area contributed by atoms with Gasteiger partial charge in [0.2, 0.25) is 0 Å². The minimum Gasteiger partial charge on any atom is -0.508 e. The minimum absolute atomic E-state index is 0.0632. The van der Waals surface area contributed by atoms with Gasteiger partial charge in [-0.1, -0.05) is 0 Å². The Hall–Kier alpha value is -2.30. The number of phenols is 2. The standard InChI is InChI=1S/C12H13N3O2/c1-2-13-12-6-4-10(14-15-12)9-7-8(16)3-5-11(9)17/h3-7,16-17H,2H2,1H3,(H,13,15). The van der Waals surface area contributed by atoms with Gasteiger partial charge in [0.05, 0.1) is 5.69 Å². The smallest absolute Gasteiger partial charge is 0.148 e. The molecule has 0 fully saturated rings. The molecule has 2 rings (SSSR count). The molecule has 0 saturated carbocycles. The molecule has 0 aliphatic carbocycles. The maximum atomic E-state index is 9.67. The van der Waals surface area contributed by atoms with Crippen LogP contribution in [0.25, 0.3) is 11.3 Å². The van der Waals surface area contributed by atoms with Crippen LogP contribution >= 0.6 is 0 Å². The predicted octanol–water partition coefficient (Wildman–Crippen LogP) is 1.99. The maximum Gasteiger partial charge on any atom is 0.148 e. The second-order valence-electron chi connectivity index (χ2n) is 3.54. The van der Waals surface area contributed by atoms with Crippen molar-refractivity contribution in [2.24, 2.45) is 0 Å². The normalized spacial score (nSPS) is 10.2. The molecule has 0 spiro atoms. The Balaban J connectivity index is 2.36. The number of benzene rings is 1. The van der Waals surface area contributed by atoms with Crippen LogP contribution in [0.15, 0.2) is 30.3 Å². The second-order valence-corrected chi connectivity index (χ2v) is 3.54. The molecular formula is C12H13N3O2. The van der Waals surface area contributed by atoms with Gasteiger partial charge in [-0.2, -0.15) is 0 Å². The summed E-state index contributed by atoms with van der Waals surface area (Å²) in [4.78, 5) is 0. The number of rotatable bonds is 3. The van der Waals surface area contributed by atoms with Crippen molar-refractivity contribution in [1.29, 1.82) is 0 Å². The highest BCUT2D eigenvalue weighted by molar-refractivity contribution is 5.68. The quantitative estimate of drug-likeness (QED) is 0.704. The summed E-state index contributed by atoms with van der Waals surface area (Å²) >= 11 is 0. The highest BCUT2D eigenvalue weighted by Crippen LogP contribution is 2.30. The fraction of sp³-hybridized carbons (Fsp3) is 0.167. The molecule has 3 N–H and O–H groups in total. The van der Waals surface area contributed by atoms with E-state index in [0.29, 0.717) is 17.1 Å². The first-order valence-electron chi connectivity index (χ1n) is 5.30. The zero-order valence-corrected chi connectivity index (χ0v) is 9.38. The third kappa shape index (κ3) is 2.44. The molecule has 5 nitrogen and oxygen atoms in total. The number of phenolic OH excluding ortho intramolecular Hbond substituents is 2. The van der Waals surface area contributed by atoms with Crippen LogP contribution in [0.2, 0.25) is 0 Å². The number of hydrogen-bond donors (Lipinski definition) is 3. The molecule has 88 valence electrons. The van der Waals surface area contributed by atoms with E-state index in [9.17, 15) is 10.2 Å². The zero-order chi connectivity index (χ0) is 12.3. The fourth-order valence-corrected chi connectivity index (χ4v) is 1.48. The Morgan fingerprint density at radius 3 is 2.59 bits per heavy atom. The van der Waals surface area contributed by atoms with E-state index in [4.69, 9.17) is 0 Å². The Labute approximate surface area is 98.8 Å². The molecule has 1 heterocycles. The van der Waals surface area contributed by atoms with E-state index in [1.165, 1.54) is 18.2 Å². The summed E-state index contributed by atoms with van der Waals surface area (Å²) in [5.41, 5.74) is 0.973. The topological polar surface area (TPSA) is 78.3 Å². The van der Waals surface area contributed by atoms with E-state index < -0.39 is 0 Å². The summed E-state index contributed by atoms with van der Waals surface area (Å²) in [6.07, 6.45) is 0. The van der Waals surface area contributed by atoms with Crippen molar-refractivity contribution in [2.45, 2.75) is 6.92 Å². The van der Waals surface area contributed by atoms with Crippen molar-refractivity contribution in [1.82, 2.24) is 10.2 Å². The van der Waals surface area contributed by atoms with Crippen molar-refractivity contribution in [3.63, 3.8) is 0 Å². The number of nitrogens with zero attached hydrogens (tertiary/aromatic N) is 2. The Bertz CT molecular complexity index is 512. The van der Waals surface area contributed by atoms with Gasteiger partial charge >= 0.3 is 0 Å². The van der Waals surface area contributed by atoms with E-state index in [1.54, 1.807) is 12.1 Å². The molecule has 0 aliphatic heterocycles. The predicted molar refractivity (Wildman–Crippen MR) is 65.0 cm³/mol. The van der Waals surface area contributed by atoms with Gasteiger partial charge in [-0.15, -0.1) is 10.2 Å². The molecule has 17 heavy (non-hydrogen) atoms. The average molecular weight is 231 g/mol. The van der Waals surface area contributed by atoms with E-state index >= 15 is 0 Å². The first-order valence-corrected chi connectivity index (χ1v) is 5.30. The largest absolute Gasteiger partial charge is 0.508 e. The van der Waals surface area contributed by atoms with Gasteiger partial charge in [-0.3, -0.25) is 0 Å². The Kier molecular flexibility index (Phi) is 3.09. The molecule has 0 aliphatic rings. The van der Waals surface area contributed by atoms with Gasteiger partial charge in [0.15, 0.2) is 0 Å². The average Bonchev–Trinajstić information content (AvgIpc) is 2.34. The lowest BCUT2D eigenvalue weighted by Gasteiger charge is -2.05. The number of nitrogens with one attached hydrogen (secondary N) is 1.